The van der Waals surface area contributed by atoms with Crippen LogP contribution in [0.5, 0.6) is 0 Å². The average molecular weight is 462 g/mol. The van der Waals surface area contributed by atoms with Crippen LogP contribution in [0.25, 0.3) is 0 Å². The third-order valence-corrected chi connectivity index (χ3v) is 4.66. The van der Waals surface area contributed by atoms with Gasteiger partial charge in [-0.25, -0.2) is 4.79 Å². The molecule has 3 amide bonds. The molecule has 0 aliphatic heterocycles. The Hall–Kier alpha value is -2.77. The Morgan fingerprint density at radius 2 is 1.41 bits per heavy atom. The van der Waals surface area contributed by atoms with Gasteiger partial charge in [-0.2, -0.15) is 0 Å². The molecule has 0 saturated carbocycles. The second kappa shape index (κ2) is 14.3. The van der Waals surface area contributed by atoms with Gasteiger partial charge in [0, 0.05) is 0 Å². The zero-order valence-corrected chi connectivity index (χ0v) is 18.5. The van der Waals surface area contributed by atoms with Crippen molar-refractivity contribution >= 4 is 29.7 Å². The number of aliphatic hydroxyl groups is 1. The van der Waals surface area contributed by atoms with Crippen LogP contribution in [0.15, 0.2) is 0 Å². The largest absolute Gasteiger partial charge is 0.481 e. The summed E-state index contributed by atoms with van der Waals surface area (Å²) in [6.45, 7) is 4.87. The fraction of sp³-hybridized carbons (Fsp3) is 0.737. The van der Waals surface area contributed by atoms with E-state index >= 15 is 0 Å². The standard InChI is InChI=1S/C19H35N5O8/c1-9(2)14(21)17(29)23-12(8-13(26)27)16(28)24-15(10(3)25)18(30)22-11(19(31)32)6-4-5-7-20/h9-12,14-15,25H,4-8,20-21H2,1-3H3,(H,22,30)(H,23,29)(H,24,28)(H,26,27)(H,31,32). The van der Waals surface area contributed by atoms with Gasteiger partial charge < -0.3 is 42.7 Å². The number of rotatable bonds is 15. The minimum atomic E-state index is -1.59. The van der Waals surface area contributed by atoms with Crippen molar-refractivity contribution in [3.05, 3.63) is 0 Å². The van der Waals surface area contributed by atoms with E-state index in [0.29, 0.717) is 19.4 Å². The Labute approximate surface area is 186 Å². The molecule has 32 heavy (non-hydrogen) atoms. The van der Waals surface area contributed by atoms with Crippen molar-refractivity contribution in [3.63, 3.8) is 0 Å². The van der Waals surface area contributed by atoms with Crippen LogP contribution >= 0.6 is 0 Å². The SMILES string of the molecule is CC(C)C(N)C(=O)NC(CC(=O)O)C(=O)NC(C(=O)NC(CCCCN)C(=O)O)C(C)O. The van der Waals surface area contributed by atoms with E-state index in [1.807, 2.05) is 0 Å². The molecule has 13 nitrogen and oxygen atoms in total. The number of nitrogens with one attached hydrogen (secondary N) is 3. The summed E-state index contributed by atoms with van der Waals surface area (Å²) < 4.78 is 0. The number of nitrogens with two attached hydrogens (primary N) is 2. The number of carboxylic acid groups (broad SMARTS) is 2. The van der Waals surface area contributed by atoms with Crippen LogP contribution in [0.3, 0.4) is 0 Å². The van der Waals surface area contributed by atoms with Crippen molar-refractivity contribution in [2.75, 3.05) is 6.54 Å². The van der Waals surface area contributed by atoms with Crippen molar-refractivity contribution in [1.29, 1.82) is 0 Å². The van der Waals surface area contributed by atoms with Crippen LogP contribution < -0.4 is 27.4 Å². The van der Waals surface area contributed by atoms with Crippen molar-refractivity contribution in [2.45, 2.75) is 76.7 Å². The van der Waals surface area contributed by atoms with Crippen LogP contribution in [0.2, 0.25) is 0 Å². The maximum absolute atomic E-state index is 12.6. The van der Waals surface area contributed by atoms with Crippen LogP contribution in [-0.4, -0.2) is 81.8 Å². The summed E-state index contributed by atoms with van der Waals surface area (Å²) in [6, 6.07) is -5.44. The van der Waals surface area contributed by atoms with Crippen LogP contribution in [0, 0.1) is 5.92 Å². The smallest absolute Gasteiger partial charge is 0.326 e. The monoisotopic (exact) mass is 461 g/mol. The molecule has 0 aromatic carbocycles. The molecule has 13 heteroatoms. The van der Waals surface area contributed by atoms with Gasteiger partial charge in [0.2, 0.25) is 17.7 Å². The van der Waals surface area contributed by atoms with Gasteiger partial charge in [0.15, 0.2) is 0 Å². The molecular weight excluding hydrogens is 426 g/mol. The van der Waals surface area contributed by atoms with E-state index in [4.69, 9.17) is 16.6 Å². The highest BCUT2D eigenvalue weighted by Gasteiger charge is 2.33. The summed E-state index contributed by atoms with van der Waals surface area (Å²) >= 11 is 0. The Morgan fingerprint density at radius 3 is 1.84 bits per heavy atom. The number of hydrogen-bond donors (Lipinski definition) is 8. The lowest BCUT2D eigenvalue weighted by molar-refractivity contribution is -0.144. The second-order valence-electron chi connectivity index (χ2n) is 7.84. The zero-order valence-electron chi connectivity index (χ0n) is 18.5. The van der Waals surface area contributed by atoms with Gasteiger partial charge in [0.1, 0.15) is 18.1 Å². The minimum absolute atomic E-state index is 0.0868. The Kier molecular flexibility index (Phi) is 13.1. The number of aliphatic hydroxyl groups excluding tert-OH is 1. The van der Waals surface area contributed by atoms with E-state index in [1.165, 1.54) is 6.92 Å². The number of carboxylic acids is 2. The maximum atomic E-state index is 12.6. The first kappa shape index (κ1) is 29.2. The predicted octanol–water partition coefficient (Wildman–Crippen LogP) is -2.51. The average Bonchev–Trinajstić information content (AvgIpc) is 2.68. The Balaban J connectivity index is 5.39. The molecule has 0 saturated heterocycles. The molecule has 0 rings (SSSR count). The third kappa shape index (κ3) is 10.5. The van der Waals surface area contributed by atoms with Gasteiger partial charge in [0.25, 0.3) is 0 Å². The maximum Gasteiger partial charge on any atom is 0.326 e. The topological polar surface area (TPSA) is 234 Å². The molecule has 184 valence electrons. The van der Waals surface area contributed by atoms with Crippen molar-refractivity contribution in [3.8, 4) is 0 Å². The summed E-state index contributed by atoms with van der Waals surface area (Å²) in [7, 11) is 0. The number of carbonyl (C=O) groups excluding carboxylic acids is 3. The molecule has 0 aromatic heterocycles. The number of aliphatic carboxylic acids is 2. The highest BCUT2D eigenvalue weighted by atomic mass is 16.4. The lowest BCUT2D eigenvalue weighted by Crippen LogP contribution is -2.60. The molecule has 0 bridgehead atoms. The highest BCUT2D eigenvalue weighted by molar-refractivity contribution is 5.95. The summed E-state index contributed by atoms with van der Waals surface area (Å²) in [5, 5.41) is 34.9. The van der Waals surface area contributed by atoms with E-state index in [9.17, 15) is 34.2 Å². The lowest BCUT2D eigenvalue weighted by Gasteiger charge is -2.26. The van der Waals surface area contributed by atoms with Crippen LogP contribution in [0.4, 0.5) is 0 Å². The Morgan fingerprint density at radius 1 is 0.844 bits per heavy atom. The molecule has 0 fully saturated rings. The normalized spacial score (nSPS) is 15.7. The van der Waals surface area contributed by atoms with Crippen LogP contribution in [-0.2, 0) is 24.0 Å². The number of carbonyl (C=O) groups is 5. The fourth-order valence-electron chi connectivity index (χ4n) is 2.63. The van der Waals surface area contributed by atoms with Crippen molar-refractivity contribution in [1.82, 2.24) is 16.0 Å². The number of hydrogen-bond acceptors (Lipinski definition) is 8. The van der Waals surface area contributed by atoms with Crippen molar-refractivity contribution in [2.24, 2.45) is 17.4 Å². The van der Waals surface area contributed by atoms with Crippen molar-refractivity contribution < 1.29 is 39.3 Å². The molecular formula is C19H35N5O8. The molecule has 0 spiro atoms. The summed E-state index contributed by atoms with van der Waals surface area (Å²) in [5.74, 6) is -5.77. The number of amides is 3. The third-order valence-electron chi connectivity index (χ3n) is 4.66. The molecule has 0 radical (unpaired) electrons. The van der Waals surface area contributed by atoms with Gasteiger partial charge >= 0.3 is 11.9 Å². The molecule has 10 N–H and O–H groups in total. The summed E-state index contributed by atoms with van der Waals surface area (Å²) in [6.07, 6.45) is -1.18. The van der Waals surface area contributed by atoms with Crippen LogP contribution in [0.1, 0.15) is 46.5 Å². The minimum Gasteiger partial charge on any atom is -0.481 e. The van der Waals surface area contributed by atoms with Gasteiger partial charge in [-0.1, -0.05) is 13.8 Å². The van der Waals surface area contributed by atoms with E-state index < -0.39 is 66.4 Å². The van der Waals surface area contributed by atoms with Gasteiger partial charge in [-0.15, -0.1) is 0 Å². The van der Waals surface area contributed by atoms with E-state index in [2.05, 4.69) is 16.0 Å². The summed E-state index contributed by atoms with van der Waals surface area (Å²) in [5.41, 5.74) is 11.1. The van der Waals surface area contributed by atoms with E-state index in [-0.39, 0.29) is 12.3 Å². The fourth-order valence-corrected chi connectivity index (χ4v) is 2.63. The van der Waals surface area contributed by atoms with E-state index in [0.717, 1.165) is 0 Å². The quantitative estimate of drug-likeness (QED) is 0.119. The first-order chi connectivity index (χ1) is 14.8. The van der Waals surface area contributed by atoms with Gasteiger partial charge in [-0.05, 0) is 38.6 Å². The molecule has 0 heterocycles. The van der Waals surface area contributed by atoms with E-state index in [1.54, 1.807) is 13.8 Å². The Bertz CT molecular complexity index is 670. The second-order valence-corrected chi connectivity index (χ2v) is 7.84. The lowest BCUT2D eigenvalue weighted by atomic mass is 10.0. The number of unbranched alkanes of at least 4 members (excludes halogenated alkanes) is 1. The van der Waals surface area contributed by atoms with Gasteiger partial charge in [0.05, 0.1) is 18.6 Å². The highest BCUT2D eigenvalue weighted by Crippen LogP contribution is 2.05. The molecule has 0 aliphatic carbocycles. The zero-order chi connectivity index (χ0) is 25.0. The molecule has 5 atom stereocenters. The summed E-state index contributed by atoms with van der Waals surface area (Å²) in [4.78, 5) is 59.8. The molecule has 5 unspecified atom stereocenters. The van der Waals surface area contributed by atoms with Gasteiger partial charge in [-0.3, -0.25) is 19.2 Å². The first-order valence-corrected chi connectivity index (χ1v) is 10.3. The predicted molar refractivity (Wildman–Crippen MR) is 113 cm³/mol. The molecule has 0 aliphatic rings. The first-order valence-electron chi connectivity index (χ1n) is 10.3. The molecule has 0 aromatic rings.